The van der Waals surface area contributed by atoms with Crippen LogP contribution in [0.4, 0.5) is 0 Å². The fourth-order valence-corrected chi connectivity index (χ4v) is 4.45. The summed E-state index contributed by atoms with van der Waals surface area (Å²) in [6, 6.07) is 13.7. The first-order valence-corrected chi connectivity index (χ1v) is 9.95. The topological polar surface area (TPSA) is 59.2 Å². The third-order valence-corrected chi connectivity index (χ3v) is 6.04. The highest BCUT2D eigenvalue weighted by Gasteiger charge is 2.30. The molecule has 25 heavy (non-hydrogen) atoms. The van der Waals surface area contributed by atoms with Crippen LogP contribution in [0.3, 0.4) is 0 Å². The first-order chi connectivity index (χ1) is 12.3. The lowest BCUT2D eigenvalue weighted by Gasteiger charge is -2.22. The maximum Gasteiger partial charge on any atom is 0.278 e. The molecule has 0 spiro atoms. The summed E-state index contributed by atoms with van der Waals surface area (Å²) < 4.78 is 5.77. The first-order valence-electron chi connectivity index (χ1n) is 8.19. The number of aromatic nitrogens is 2. The van der Waals surface area contributed by atoms with Gasteiger partial charge in [-0.15, -0.1) is 21.5 Å². The molecule has 1 amide bonds. The molecule has 1 aromatic carbocycles. The zero-order valence-electron chi connectivity index (χ0n) is 13.5. The molecule has 7 heteroatoms. The van der Waals surface area contributed by atoms with Crippen LogP contribution >= 0.6 is 23.1 Å². The molecule has 5 nitrogen and oxygen atoms in total. The molecule has 0 bridgehead atoms. The van der Waals surface area contributed by atoms with E-state index in [9.17, 15) is 4.79 Å². The van der Waals surface area contributed by atoms with Crippen LogP contribution in [0.25, 0.3) is 10.8 Å². The number of thiophene rings is 1. The summed E-state index contributed by atoms with van der Waals surface area (Å²) in [4.78, 5) is 15.9. The van der Waals surface area contributed by atoms with Crippen LogP contribution in [0.5, 0.6) is 0 Å². The lowest BCUT2D eigenvalue weighted by Crippen LogP contribution is -2.31. The van der Waals surface area contributed by atoms with E-state index in [-0.39, 0.29) is 11.2 Å². The third kappa shape index (κ3) is 3.62. The third-order valence-electron chi connectivity index (χ3n) is 4.10. The van der Waals surface area contributed by atoms with Crippen molar-refractivity contribution < 1.29 is 9.21 Å². The van der Waals surface area contributed by atoms with Gasteiger partial charge >= 0.3 is 0 Å². The van der Waals surface area contributed by atoms with Gasteiger partial charge in [0.1, 0.15) is 5.25 Å². The molecule has 3 aromatic rings. The summed E-state index contributed by atoms with van der Waals surface area (Å²) in [6.07, 6.45) is 2.14. The van der Waals surface area contributed by atoms with Gasteiger partial charge in [-0.1, -0.05) is 36.4 Å². The molecule has 1 fully saturated rings. The zero-order valence-corrected chi connectivity index (χ0v) is 15.1. The Morgan fingerprint density at radius 2 is 1.92 bits per heavy atom. The lowest BCUT2D eigenvalue weighted by molar-refractivity contribution is -0.129. The van der Waals surface area contributed by atoms with Gasteiger partial charge in [0.25, 0.3) is 11.1 Å². The van der Waals surface area contributed by atoms with Crippen LogP contribution < -0.4 is 0 Å². The van der Waals surface area contributed by atoms with E-state index in [4.69, 9.17) is 4.42 Å². The predicted octanol–water partition coefficient (Wildman–Crippen LogP) is 4.25. The molecule has 1 aliphatic heterocycles. The Morgan fingerprint density at radius 3 is 2.64 bits per heavy atom. The number of nitrogens with zero attached hydrogens (tertiary/aromatic N) is 3. The van der Waals surface area contributed by atoms with E-state index in [1.54, 1.807) is 11.3 Å². The van der Waals surface area contributed by atoms with Gasteiger partial charge in [-0.2, -0.15) is 0 Å². The van der Waals surface area contributed by atoms with Crippen LogP contribution in [-0.2, 0) is 4.79 Å². The molecule has 1 saturated heterocycles. The van der Waals surface area contributed by atoms with E-state index in [0.29, 0.717) is 11.1 Å². The largest absolute Gasteiger partial charge is 0.410 e. The van der Waals surface area contributed by atoms with Crippen molar-refractivity contribution in [1.82, 2.24) is 15.1 Å². The molecule has 2 aromatic heterocycles. The Labute approximate surface area is 154 Å². The fourth-order valence-electron chi connectivity index (χ4n) is 2.85. The number of likely N-dealkylation sites (tertiary alicyclic amines) is 1. The molecule has 0 unspecified atom stereocenters. The minimum atomic E-state index is -0.365. The summed E-state index contributed by atoms with van der Waals surface area (Å²) >= 11 is 2.88. The van der Waals surface area contributed by atoms with Gasteiger partial charge in [0.2, 0.25) is 5.91 Å². The molecular weight excluding hydrogens is 354 g/mol. The zero-order chi connectivity index (χ0) is 17.1. The smallest absolute Gasteiger partial charge is 0.278 e. The predicted molar refractivity (Wildman–Crippen MR) is 98.5 cm³/mol. The maximum atomic E-state index is 13.0. The van der Waals surface area contributed by atoms with Crippen molar-refractivity contribution in [3.8, 4) is 10.8 Å². The monoisotopic (exact) mass is 371 g/mol. The van der Waals surface area contributed by atoms with Crippen molar-refractivity contribution >= 4 is 29.0 Å². The minimum absolute atomic E-state index is 0.115. The van der Waals surface area contributed by atoms with E-state index in [1.807, 2.05) is 52.7 Å². The highest BCUT2D eigenvalue weighted by atomic mass is 32.2. The molecule has 0 N–H and O–H groups in total. The van der Waals surface area contributed by atoms with Gasteiger partial charge in [0.15, 0.2) is 0 Å². The number of carbonyl (C=O) groups is 1. The molecule has 0 radical (unpaired) electrons. The number of amides is 1. The number of rotatable bonds is 5. The highest BCUT2D eigenvalue weighted by molar-refractivity contribution is 8.00. The standard InChI is InChI=1S/C18H17N3O2S2/c22-17(21-10-4-5-11-21)15(13-7-2-1-3-8-13)25-18-20-19-16(23-18)14-9-6-12-24-14/h1-3,6-9,12,15H,4-5,10-11H2/t15-/m1/s1. The van der Waals surface area contributed by atoms with Crippen molar-refractivity contribution in [2.45, 2.75) is 23.3 Å². The van der Waals surface area contributed by atoms with Crippen molar-refractivity contribution in [2.75, 3.05) is 13.1 Å². The average molecular weight is 371 g/mol. The van der Waals surface area contributed by atoms with Crippen LogP contribution in [0.15, 0.2) is 57.5 Å². The second-order valence-electron chi connectivity index (χ2n) is 5.79. The molecule has 4 rings (SSSR count). The Bertz CT molecular complexity index is 827. The van der Waals surface area contributed by atoms with E-state index < -0.39 is 0 Å². The van der Waals surface area contributed by atoms with Crippen LogP contribution in [0.1, 0.15) is 23.7 Å². The molecule has 0 aliphatic carbocycles. The van der Waals surface area contributed by atoms with Crippen LogP contribution in [-0.4, -0.2) is 34.1 Å². The summed E-state index contributed by atoms with van der Waals surface area (Å²) in [7, 11) is 0. The SMILES string of the molecule is O=C([C@H](Sc1nnc(-c2cccs2)o1)c1ccccc1)N1CCCC1. The van der Waals surface area contributed by atoms with Crippen LogP contribution in [0.2, 0.25) is 0 Å². The van der Waals surface area contributed by atoms with Gasteiger partial charge < -0.3 is 9.32 Å². The molecular formula is C18H17N3O2S2. The molecule has 0 saturated carbocycles. The Kier molecular flexibility index (Phi) is 4.85. The number of carbonyl (C=O) groups excluding carboxylic acids is 1. The van der Waals surface area contributed by atoms with Gasteiger partial charge in [-0.05, 0) is 41.6 Å². The van der Waals surface area contributed by atoms with Gasteiger partial charge in [0.05, 0.1) is 4.88 Å². The Hall–Kier alpha value is -2.12. The second kappa shape index (κ2) is 7.41. The number of thioether (sulfide) groups is 1. The fraction of sp³-hybridized carbons (Fsp3) is 0.278. The second-order valence-corrected chi connectivity index (χ2v) is 7.80. The highest BCUT2D eigenvalue weighted by Crippen LogP contribution is 2.38. The molecule has 128 valence electrons. The van der Waals surface area contributed by atoms with E-state index in [2.05, 4.69) is 10.2 Å². The Balaban J connectivity index is 1.59. The normalized spacial score (nSPS) is 15.4. The number of benzene rings is 1. The number of hydrogen-bond acceptors (Lipinski definition) is 6. The van der Waals surface area contributed by atoms with Gasteiger partial charge in [-0.3, -0.25) is 4.79 Å². The summed E-state index contributed by atoms with van der Waals surface area (Å²) in [6.45, 7) is 1.65. The van der Waals surface area contributed by atoms with E-state index in [1.165, 1.54) is 11.8 Å². The number of hydrogen-bond donors (Lipinski definition) is 0. The summed E-state index contributed by atoms with van der Waals surface area (Å²) in [5, 5.41) is 10.3. The first kappa shape index (κ1) is 16.4. The van der Waals surface area contributed by atoms with Gasteiger partial charge in [-0.25, -0.2) is 0 Å². The van der Waals surface area contributed by atoms with Crippen LogP contribution in [0, 0.1) is 0 Å². The Morgan fingerprint density at radius 1 is 1.12 bits per heavy atom. The van der Waals surface area contributed by atoms with E-state index >= 15 is 0 Å². The van der Waals surface area contributed by atoms with Crippen molar-refractivity contribution in [2.24, 2.45) is 0 Å². The van der Waals surface area contributed by atoms with Crippen molar-refractivity contribution in [3.05, 3.63) is 53.4 Å². The quantitative estimate of drug-likeness (QED) is 0.628. The van der Waals surface area contributed by atoms with Crippen molar-refractivity contribution in [3.63, 3.8) is 0 Å². The summed E-state index contributed by atoms with van der Waals surface area (Å²) in [5.74, 6) is 0.613. The van der Waals surface area contributed by atoms with Gasteiger partial charge in [0, 0.05) is 13.1 Å². The molecule has 3 heterocycles. The minimum Gasteiger partial charge on any atom is -0.410 e. The maximum absolute atomic E-state index is 13.0. The lowest BCUT2D eigenvalue weighted by atomic mass is 10.1. The molecule has 1 atom stereocenters. The van der Waals surface area contributed by atoms with Crippen molar-refractivity contribution in [1.29, 1.82) is 0 Å². The van der Waals surface area contributed by atoms with E-state index in [0.717, 1.165) is 36.4 Å². The average Bonchev–Trinajstić information content (AvgIpc) is 3.42. The summed E-state index contributed by atoms with van der Waals surface area (Å²) in [5.41, 5.74) is 0.959. The molecule has 1 aliphatic rings.